The predicted octanol–water partition coefficient (Wildman–Crippen LogP) is 1.82. The Bertz CT molecular complexity index is 923. The molecular formula is C19H22N6O2. The lowest BCUT2D eigenvalue weighted by Gasteiger charge is -2.14. The van der Waals surface area contributed by atoms with Crippen LogP contribution in [0.15, 0.2) is 48.7 Å². The van der Waals surface area contributed by atoms with Gasteiger partial charge >= 0.3 is 0 Å². The van der Waals surface area contributed by atoms with Crippen LogP contribution in [0, 0.1) is 0 Å². The minimum Gasteiger partial charge on any atom is -0.494 e. The van der Waals surface area contributed by atoms with Gasteiger partial charge in [0.1, 0.15) is 17.1 Å². The minimum absolute atomic E-state index is 0.293. The fraction of sp³-hybridized carbons (Fsp3) is 0.211. The molecule has 1 heterocycles. The first-order valence-electron chi connectivity index (χ1n) is 8.51. The van der Waals surface area contributed by atoms with Crippen LogP contribution in [0.25, 0.3) is 0 Å². The number of hydrogen-bond acceptors (Lipinski definition) is 6. The number of amides is 1. The van der Waals surface area contributed by atoms with Crippen LogP contribution in [-0.2, 0) is 19.5 Å². The molecule has 5 N–H and O–H groups in total. The van der Waals surface area contributed by atoms with Gasteiger partial charge < -0.3 is 21.5 Å². The van der Waals surface area contributed by atoms with E-state index in [9.17, 15) is 4.79 Å². The predicted molar refractivity (Wildman–Crippen MR) is 103 cm³/mol. The fourth-order valence-corrected chi connectivity index (χ4v) is 2.73. The van der Waals surface area contributed by atoms with E-state index in [-0.39, 0.29) is 0 Å². The molecule has 0 aliphatic rings. The summed E-state index contributed by atoms with van der Waals surface area (Å²) in [6.45, 7) is 1.16. The number of nitrogens with one attached hydrogen (secondary N) is 1. The summed E-state index contributed by atoms with van der Waals surface area (Å²) in [6.07, 6.45) is 2.77. The molecule has 27 heavy (non-hydrogen) atoms. The molecule has 0 atom stereocenters. The molecule has 0 saturated heterocycles. The molecule has 8 heteroatoms. The zero-order valence-corrected chi connectivity index (χ0v) is 15.1. The van der Waals surface area contributed by atoms with Crippen molar-refractivity contribution in [3.05, 3.63) is 65.5 Å². The molecule has 0 fully saturated rings. The number of carbonyl (C=O) groups excluding carboxylic acids is 1. The van der Waals surface area contributed by atoms with Gasteiger partial charge in [0.25, 0.3) is 0 Å². The Morgan fingerprint density at radius 2 is 2.04 bits per heavy atom. The number of aromatic nitrogens is 3. The first-order valence-corrected chi connectivity index (χ1v) is 8.51. The van der Waals surface area contributed by atoms with E-state index in [4.69, 9.17) is 16.2 Å². The Morgan fingerprint density at radius 3 is 2.74 bits per heavy atom. The maximum Gasteiger partial charge on any atom is 0.248 e. The molecule has 8 nitrogen and oxygen atoms in total. The summed E-state index contributed by atoms with van der Waals surface area (Å²) in [4.78, 5) is 11.3. The summed E-state index contributed by atoms with van der Waals surface area (Å²) < 4.78 is 7.11. The van der Waals surface area contributed by atoms with Gasteiger partial charge in [-0.05, 0) is 24.1 Å². The number of carbonyl (C=O) groups is 1. The first-order chi connectivity index (χ1) is 13.1. The average Bonchev–Trinajstić information content (AvgIpc) is 3.13. The van der Waals surface area contributed by atoms with Crippen LogP contribution in [0.4, 0.5) is 11.4 Å². The van der Waals surface area contributed by atoms with E-state index in [1.54, 1.807) is 10.7 Å². The van der Waals surface area contributed by atoms with E-state index in [1.165, 1.54) is 18.7 Å². The molecule has 140 valence electrons. The van der Waals surface area contributed by atoms with Crippen molar-refractivity contribution in [3.63, 3.8) is 0 Å². The number of ether oxygens (including phenoxy) is 1. The van der Waals surface area contributed by atoms with Crippen molar-refractivity contribution in [3.8, 4) is 5.75 Å². The maximum atomic E-state index is 11.3. The molecule has 0 saturated carbocycles. The number of nitrogen functional groups attached to an aromatic ring is 1. The van der Waals surface area contributed by atoms with E-state index >= 15 is 0 Å². The third kappa shape index (κ3) is 4.55. The smallest absolute Gasteiger partial charge is 0.248 e. The van der Waals surface area contributed by atoms with E-state index < -0.39 is 5.91 Å². The van der Waals surface area contributed by atoms with Gasteiger partial charge in [-0.15, -0.1) is 5.10 Å². The van der Waals surface area contributed by atoms with Gasteiger partial charge in [0.05, 0.1) is 25.5 Å². The number of nitrogens with two attached hydrogens (primary N) is 2. The highest BCUT2D eigenvalue weighted by Gasteiger charge is 2.13. The number of anilines is 2. The van der Waals surface area contributed by atoms with Crippen LogP contribution in [0.5, 0.6) is 5.75 Å². The zero-order chi connectivity index (χ0) is 19.2. The molecule has 1 aromatic heterocycles. The van der Waals surface area contributed by atoms with E-state index in [0.29, 0.717) is 29.2 Å². The van der Waals surface area contributed by atoms with Crippen molar-refractivity contribution in [2.45, 2.75) is 19.5 Å². The quantitative estimate of drug-likeness (QED) is 0.523. The van der Waals surface area contributed by atoms with Crippen LogP contribution < -0.4 is 21.5 Å². The van der Waals surface area contributed by atoms with Gasteiger partial charge in [-0.2, -0.15) is 0 Å². The first kappa shape index (κ1) is 18.2. The molecule has 0 aliphatic heterocycles. The number of primary amides is 1. The highest BCUT2D eigenvalue weighted by Crippen LogP contribution is 2.32. The lowest BCUT2D eigenvalue weighted by atomic mass is 10.1. The largest absolute Gasteiger partial charge is 0.494 e. The van der Waals surface area contributed by atoms with E-state index in [0.717, 1.165) is 18.7 Å². The third-order valence-electron chi connectivity index (χ3n) is 4.14. The molecular weight excluding hydrogens is 344 g/mol. The van der Waals surface area contributed by atoms with Crippen molar-refractivity contribution in [1.29, 1.82) is 0 Å². The molecule has 0 radical (unpaired) electrons. The Balaban J connectivity index is 1.64. The molecule has 3 rings (SSSR count). The second-order valence-corrected chi connectivity index (χ2v) is 6.07. The van der Waals surface area contributed by atoms with E-state index in [1.807, 2.05) is 24.4 Å². The van der Waals surface area contributed by atoms with Gasteiger partial charge in [0, 0.05) is 12.1 Å². The Kier molecular flexibility index (Phi) is 5.55. The second-order valence-electron chi connectivity index (χ2n) is 6.07. The summed E-state index contributed by atoms with van der Waals surface area (Å²) >= 11 is 0. The number of aryl methyl sites for hydroxylation is 2. The van der Waals surface area contributed by atoms with Crippen molar-refractivity contribution >= 4 is 17.3 Å². The third-order valence-corrected chi connectivity index (χ3v) is 4.14. The lowest BCUT2D eigenvalue weighted by molar-refractivity contribution is 0.1000. The summed E-state index contributed by atoms with van der Waals surface area (Å²) in [7, 11) is 1.50. The number of hydrogen-bond donors (Lipinski definition) is 3. The van der Waals surface area contributed by atoms with Crippen molar-refractivity contribution in [1.82, 2.24) is 15.0 Å². The lowest BCUT2D eigenvalue weighted by Crippen LogP contribution is -2.13. The van der Waals surface area contributed by atoms with Gasteiger partial charge in [-0.25, -0.2) is 0 Å². The number of nitrogens with zero attached hydrogens (tertiary/aromatic N) is 3. The Labute approximate surface area is 157 Å². The van der Waals surface area contributed by atoms with Crippen LogP contribution in [-0.4, -0.2) is 28.0 Å². The number of rotatable bonds is 8. The normalized spacial score (nSPS) is 10.6. The summed E-state index contributed by atoms with van der Waals surface area (Å²) in [6, 6.07) is 13.3. The second kappa shape index (κ2) is 8.22. The van der Waals surface area contributed by atoms with Crippen LogP contribution in [0.2, 0.25) is 0 Å². The topological polar surface area (TPSA) is 121 Å². The van der Waals surface area contributed by atoms with Crippen molar-refractivity contribution in [2.75, 3.05) is 18.2 Å². The van der Waals surface area contributed by atoms with Crippen molar-refractivity contribution in [2.24, 2.45) is 5.73 Å². The van der Waals surface area contributed by atoms with Gasteiger partial charge in [0.2, 0.25) is 5.91 Å². The Morgan fingerprint density at radius 1 is 1.26 bits per heavy atom. The molecule has 0 aliphatic carbocycles. The molecule has 0 bridgehead atoms. The molecule has 2 aromatic carbocycles. The Hall–Kier alpha value is -3.55. The van der Waals surface area contributed by atoms with Crippen LogP contribution in [0.3, 0.4) is 0 Å². The summed E-state index contributed by atoms with van der Waals surface area (Å²) in [5.74, 6) is -0.117. The fourth-order valence-electron chi connectivity index (χ4n) is 2.73. The number of methoxy groups -OCH3 is 1. The standard InChI is InChI=1S/C19H22N6O2/c1-27-17-10-14(19(21)26)9-16(20)18(17)22-11-15-12-25(24-23-15)8-7-13-5-3-2-4-6-13/h2-6,9-10,12,22H,7-8,11,20H2,1H3,(H2,21,26). The SMILES string of the molecule is COc1cc(C(N)=O)cc(N)c1NCc1cn(CCc2ccccc2)nn1. The maximum absolute atomic E-state index is 11.3. The highest BCUT2D eigenvalue weighted by molar-refractivity contribution is 5.96. The van der Waals surface area contributed by atoms with Gasteiger partial charge in [-0.3, -0.25) is 9.48 Å². The van der Waals surface area contributed by atoms with E-state index in [2.05, 4.69) is 27.8 Å². The molecule has 1 amide bonds. The number of benzene rings is 2. The van der Waals surface area contributed by atoms with Crippen molar-refractivity contribution < 1.29 is 9.53 Å². The van der Waals surface area contributed by atoms with Crippen LogP contribution >= 0.6 is 0 Å². The molecule has 3 aromatic rings. The summed E-state index contributed by atoms with van der Waals surface area (Å²) in [5, 5.41) is 11.5. The molecule has 0 unspecified atom stereocenters. The van der Waals surface area contributed by atoms with Crippen LogP contribution in [0.1, 0.15) is 21.6 Å². The monoisotopic (exact) mass is 366 g/mol. The highest BCUT2D eigenvalue weighted by atomic mass is 16.5. The van der Waals surface area contributed by atoms with Gasteiger partial charge in [-0.1, -0.05) is 35.5 Å². The van der Waals surface area contributed by atoms with Gasteiger partial charge in [0.15, 0.2) is 0 Å². The molecule has 0 spiro atoms. The zero-order valence-electron chi connectivity index (χ0n) is 15.1. The minimum atomic E-state index is -0.562. The average molecular weight is 366 g/mol. The summed E-state index contributed by atoms with van der Waals surface area (Å²) in [5.41, 5.74) is 14.6.